The van der Waals surface area contributed by atoms with Crippen molar-refractivity contribution >= 4 is 23.2 Å². The van der Waals surface area contributed by atoms with Crippen LogP contribution < -0.4 is 11.5 Å². The zero-order chi connectivity index (χ0) is 8.59. The van der Waals surface area contributed by atoms with Crippen molar-refractivity contribution in [1.29, 1.82) is 0 Å². The molecule has 4 nitrogen and oxygen atoms in total. The van der Waals surface area contributed by atoms with Gasteiger partial charge in [0.25, 0.3) is 0 Å². The van der Waals surface area contributed by atoms with E-state index in [1.54, 1.807) is 4.68 Å². The molecule has 0 bridgehead atoms. The van der Waals surface area contributed by atoms with Gasteiger partial charge in [-0.25, -0.2) is 4.68 Å². The van der Waals surface area contributed by atoms with Crippen LogP contribution in [0, 0.1) is 0 Å². The van der Waals surface area contributed by atoms with Crippen molar-refractivity contribution in [2.45, 2.75) is 19.9 Å². The predicted octanol–water partition coefficient (Wildman–Crippen LogP) is 1.28. The summed E-state index contributed by atoms with van der Waals surface area (Å²) >= 11 is 5.71. The largest absolute Gasteiger partial charge is 0.383 e. The Bertz CT molecular complexity index is 266. The molecule has 0 fully saturated rings. The highest BCUT2D eigenvalue weighted by Gasteiger charge is 2.12. The third kappa shape index (κ3) is 1.26. The Kier molecular flexibility index (Phi) is 1.95. The molecule has 0 aromatic carbocycles. The Hall–Kier alpha value is -0.900. The molecule has 0 spiro atoms. The number of hydrogen-bond acceptors (Lipinski definition) is 3. The molecule has 1 heterocycles. The summed E-state index contributed by atoms with van der Waals surface area (Å²) in [6.45, 7) is 3.91. The Morgan fingerprint density at radius 2 is 2.00 bits per heavy atom. The van der Waals surface area contributed by atoms with Gasteiger partial charge in [-0.05, 0) is 13.8 Å². The summed E-state index contributed by atoms with van der Waals surface area (Å²) in [6.07, 6.45) is 0. The molecular formula is C6H11ClN4. The molecule has 0 radical (unpaired) electrons. The maximum absolute atomic E-state index is 5.71. The fourth-order valence-corrected chi connectivity index (χ4v) is 0.964. The van der Waals surface area contributed by atoms with E-state index in [2.05, 4.69) is 5.10 Å². The highest BCUT2D eigenvalue weighted by molar-refractivity contribution is 6.35. The second-order valence-electron chi connectivity index (χ2n) is 2.62. The molecule has 0 saturated heterocycles. The average Bonchev–Trinajstić information content (AvgIpc) is 2.17. The predicted molar refractivity (Wildman–Crippen MR) is 46.4 cm³/mol. The second kappa shape index (κ2) is 2.62. The molecule has 0 unspecified atom stereocenters. The summed E-state index contributed by atoms with van der Waals surface area (Å²) in [7, 11) is 0. The molecule has 0 aliphatic heterocycles. The van der Waals surface area contributed by atoms with Crippen molar-refractivity contribution in [2.24, 2.45) is 0 Å². The summed E-state index contributed by atoms with van der Waals surface area (Å²) in [6, 6.07) is 0.185. The van der Waals surface area contributed by atoms with Crippen molar-refractivity contribution in [3.63, 3.8) is 0 Å². The number of nitrogen functional groups attached to an aromatic ring is 2. The monoisotopic (exact) mass is 174 g/mol. The second-order valence-corrected chi connectivity index (χ2v) is 3.00. The smallest absolute Gasteiger partial charge is 0.166 e. The molecule has 1 aromatic rings. The molecule has 4 N–H and O–H groups in total. The van der Waals surface area contributed by atoms with E-state index in [0.29, 0.717) is 10.8 Å². The maximum atomic E-state index is 5.71. The quantitative estimate of drug-likeness (QED) is 0.674. The molecule has 0 aliphatic rings. The van der Waals surface area contributed by atoms with Gasteiger partial charge < -0.3 is 11.5 Å². The number of anilines is 2. The van der Waals surface area contributed by atoms with Crippen LogP contribution in [0.1, 0.15) is 19.9 Å². The summed E-state index contributed by atoms with van der Waals surface area (Å²) < 4.78 is 1.59. The first-order valence-corrected chi connectivity index (χ1v) is 3.70. The third-order valence-corrected chi connectivity index (χ3v) is 1.79. The first kappa shape index (κ1) is 8.20. The van der Waals surface area contributed by atoms with E-state index in [-0.39, 0.29) is 11.9 Å². The molecule has 0 amide bonds. The summed E-state index contributed by atoms with van der Waals surface area (Å²) in [5.41, 5.74) is 11.0. The van der Waals surface area contributed by atoms with Crippen molar-refractivity contribution in [1.82, 2.24) is 9.78 Å². The molecule has 0 saturated carbocycles. The van der Waals surface area contributed by atoms with E-state index in [1.807, 2.05) is 13.8 Å². The number of rotatable bonds is 1. The summed E-state index contributed by atoms with van der Waals surface area (Å²) in [5, 5.41) is 4.29. The molecule has 5 heteroatoms. The highest BCUT2D eigenvalue weighted by atomic mass is 35.5. The lowest BCUT2D eigenvalue weighted by atomic mass is 10.4. The van der Waals surface area contributed by atoms with Gasteiger partial charge in [-0.3, -0.25) is 0 Å². The van der Waals surface area contributed by atoms with Gasteiger partial charge in [0.2, 0.25) is 0 Å². The van der Waals surface area contributed by atoms with Crippen molar-refractivity contribution in [2.75, 3.05) is 11.5 Å². The van der Waals surface area contributed by atoms with E-state index in [1.165, 1.54) is 0 Å². The van der Waals surface area contributed by atoms with Gasteiger partial charge in [-0.2, -0.15) is 5.10 Å². The Morgan fingerprint density at radius 1 is 1.45 bits per heavy atom. The minimum absolute atomic E-state index is 0.185. The van der Waals surface area contributed by atoms with Gasteiger partial charge in [0.1, 0.15) is 10.8 Å². The van der Waals surface area contributed by atoms with Gasteiger partial charge in [-0.1, -0.05) is 11.6 Å². The number of hydrogen-bond donors (Lipinski definition) is 2. The van der Waals surface area contributed by atoms with Crippen LogP contribution in [0.2, 0.25) is 5.02 Å². The van der Waals surface area contributed by atoms with Gasteiger partial charge in [-0.15, -0.1) is 0 Å². The molecular weight excluding hydrogens is 164 g/mol. The zero-order valence-corrected chi connectivity index (χ0v) is 7.26. The topological polar surface area (TPSA) is 69.9 Å². The van der Waals surface area contributed by atoms with Crippen LogP contribution in [0.3, 0.4) is 0 Å². The molecule has 1 rings (SSSR count). The standard InChI is InChI=1S/C6H11ClN4/c1-3(2)11-6(9)4(7)5(8)10-11/h3H,9H2,1-2H3,(H2,8,10). The highest BCUT2D eigenvalue weighted by Crippen LogP contribution is 2.26. The minimum Gasteiger partial charge on any atom is -0.383 e. The lowest BCUT2D eigenvalue weighted by Crippen LogP contribution is -2.06. The summed E-state index contributed by atoms with van der Waals surface area (Å²) in [5.74, 6) is 0.719. The van der Waals surface area contributed by atoms with Gasteiger partial charge in [0.15, 0.2) is 5.82 Å². The van der Waals surface area contributed by atoms with Crippen LogP contribution in [-0.2, 0) is 0 Å². The lowest BCUT2D eigenvalue weighted by Gasteiger charge is -2.05. The van der Waals surface area contributed by atoms with Gasteiger partial charge in [0.05, 0.1) is 0 Å². The van der Waals surface area contributed by atoms with Gasteiger partial charge >= 0.3 is 0 Å². The van der Waals surface area contributed by atoms with E-state index in [0.717, 1.165) is 0 Å². The van der Waals surface area contributed by atoms with Crippen LogP contribution in [0.4, 0.5) is 11.6 Å². The SMILES string of the molecule is CC(C)n1nc(N)c(Cl)c1N. The van der Waals surface area contributed by atoms with Crippen molar-refractivity contribution < 1.29 is 0 Å². The maximum Gasteiger partial charge on any atom is 0.166 e. The van der Waals surface area contributed by atoms with Gasteiger partial charge in [0, 0.05) is 6.04 Å². The van der Waals surface area contributed by atoms with Crippen molar-refractivity contribution in [3.8, 4) is 0 Å². The number of halogens is 1. The summed E-state index contributed by atoms with van der Waals surface area (Å²) in [4.78, 5) is 0. The molecule has 1 aromatic heterocycles. The molecule has 62 valence electrons. The van der Waals surface area contributed by atoms with Crippen LogP contribution in [0.15, 0.2) is 0 Å². The van der Waals surface area contributed by atoms with Crippen LogP contribution in [-0.4, -0.2) is 9.78 Å². The normalized spacial score (nSPS) is 10.9. The number of nitrogens with zero attached hydrogens (tertiary/aromatic N) is 2. The van der Waals surface area contributed by atoms with Crippen molar-refractivity contribution in [3.05, 3.63) is 5.02 Å². The lowest BCUT2D eigenvalue weighted by molar-refractivity contribution is 0.543. The third-order valence-electron chi connectivity index (χ3n) is 1.40. The number of aromatic nitrogens is 2. The Labute approximate surface area is 70.1 Å². The van der Waals surface area contributed by atoms with E-state index in [9.17, 15) is 0 Å². The molecule has 0 atom stereocenters. The fourth-order valence-electron chi connectivity index (χ4n) is 0.839. The van der Waals surface area contributed by atoms with Crippen LogP contribution in [0.25, 0.3) is 0 Å². The van der Waals surface area contributed by atoms with Crippen LogP contribution in [0.5, 0.6) is 0 Å². The van der Waals surface area contributed by atoms with E-state index in [4.69, 9.17) is 23.1 Å². The number of nitrogens with two attached hydrogens (primary N) is 2. The Balaban J connectivity index is 3.19. The first-order valence-electron chi connectivity index (χ1n) is 3.33. The average molecular weight is 175 g/mol. The molecule has 0 aliphatic carbocycles. The molecule has 11 heavy (non-hydrogen) atoms. The van der Waals surface area contributed by atoms with E-state index >= 15 is 0 Å². The van der Waals surface area contributed by atoms with Crippen LogP contribution >= 0.6 is 11.6 Å². The fraction of sp³-hybridized carbons (Fsp3) is 0.500. The zero-order valence-electron chi connectivity index (χ0n) is 6.50. The van der Waals surface area contributed by atoms with E-state index < -0.39 is 0 Å². The Morgan fingerprint density at radius 3 is 2.18 bits per heavy atom. The first-order chi connectivity index (χ1) is 5.04. The minimum atomic E-state index is 0.185.